The number of rotatable bonds is 2. The van der Waals surface area contributed by atoms with E-state index in [1.165, 1.54) is 16.7 Å². The molecular formula is C18H19BrClN. The molecule has 1 fully saturated rings. The SMILES string of the molecule is Cc1cccc(C2CNCCC2c2ccc(Cl)cc2Br)c1. The molecule has 0 radical (unpaired) electrons. The van der Waals surface area contributed by atoms with Crippen LogP contribution in [-0.4, -0.2) is 13.1 Å². The van der Waals surface area contributed by atoms with E-state index in [0.29, 0.717) is 11.8 Å². The Morgan fingerprint density at radius 3 is 2.76 bits per heavy atom. The van der Waals surface area contributed by atoms with Crippen LogP contribution in [0.5, 0.6) is 0 Å². The van der Waals surface area contributed by atoms with Crippen LogP contribution in [0, 0.1) is 6.92 Å². The number of hydrogen-bond acceptors (Lipinski definition) is 1. The normalized spacial score (nSPS) is 22.2. The summed E-state index contributed by atoms with van der Waals surface area (Å²) in [5, 5.41) is 4.33. The van der Waals surface area contributed by atoms with Gasteiger partial charge in [-0.25, -0.2) is 0 Å². The predicted octanol–water partition coefficient (Wildman–Crippen LogP) is 5.27. The molecule has 1 saturated heterocycles. The van der Waals surface area contributed by atoms with Crippen LogP contribution < -0.4 is 5.32 Å². The van der Waals surface area contributed by atoms with Crippen LogP contribution in [0.4, 0.5) is 0 Å². The van der Waals surface area contributed by atoms with Crippen LogP contribution in [0.2, 0.25) is 5.02 Å². The topological polar surface area (TPSA) is 12.0 Å². The molecule has 1 N–H and O–H groups in total. The highest BCUT2D eigenvalue weighted by Crippen LogP contribution is 2.41. The fourth-order valence-electron chi connectivity index (χ4n) is 3.28. The molecule has 0 aromatic heterocycles. The van der Waals surface area contributed by atoms with Crippen LogP contribution in [0.3, 0.4) is 0 Å². The first-order valence-electron chi connectivity index (χ1n) is 7.37. The summed E-state index contributed by atoms with van der Waals surface area (Å²) in [5.74, 6) is 1.04. The third-order valence-corrected chi connectivity index (χ3v) is 5.24. The summed E-state index contributed by atoms with van der Waals surface area (Å²) in [7, 11) is 0. The van der Waals surface area contributed by atoms with Crippen molar-refractivity contribution in [2.45, 2.75) is 25.2 Å². The fraction of sp³-hybridized carbons (Fsp3) is 0.333. The van der Waals surface area contributed by atoms with Gasteiger partial charge in [-0.3, -0.25) is 0 Å². The molecule has 2 aromatic rings. The predicted molar refractivity (Wildman–Crippen MR) is 93.3 cm³/mol. The third-order valence-electron chi connectivity index (χ3n) is 4.31. The van der Waals surface area contributed by atoms with E-state index < -0.39 is 0 Å². The van der Waals surface area contributed by atoms with Crippen LogP contribution >= 0.6 is 27.5 Å². The van der Waals surface area contributed by atoms with Gasteiger partial charge in [0.1, 0.15) is 0 Å². The van der Waals surface area contributed by atoms with Gasteiger partial charge in [-0.15, -0.1) is 0 Å². The summed E-state index contributed by atoms with van der Waals surface area (Å²) >= 11 is 9.78. The lowest BCUT2D eigenvalue weighted by Crippen LogP contribution is -2.34. The summed E-state index contributed by atoms with van der Waals surface area (Å²) in [4.78, 5) is 0. The van der Waals surface area contributed by atoms with Crippen molar-refractivity contribution in [2.24, 2.45) is 0 Å². The Morgan fingerprint density at radius 2 is 2.00 bits per heavy atom. The summed E-state index contributed by atoms with van der Waals surface area (Å²) < 4.78 is 1.12. The summed E-state index contributed by atoms with van der Waals surface area (Å²) in [6.45, 7) is 4.26. The lowest BCUT2D eigenvalue weighted by atomic mass is 9.77. The van der Waals surface area contributed by atoms with Gasteiger partial charge in [0.2, 0.25) is 0 Å². The Kier molecular flexibility index (Phi) is 4.68. The van der Waals surface area contributed by atoms with Gasteiger partial charge in [0.15, 0.2) is 0 Å². The molecule has 3 heteroatoms. The van der Waals surface area contributed by atoms with Gasteiger partial charge in [-0.2, -0.15) is 0 Å². The van der Waals surface area contributed by atoms with Gasteiger partial charge in [-0.05, 0) is 49.1 Å². The van der Waals surface area contributed by atoms with Crippen LogP contribution in [0.25, 0.3) is 0 Å². The Hall–Kier alpha value is -0.830. The Bertz CT molecular complexity index is 641. The largest absolute Gasteiger partial charge is 0.316 e. The average Bonchev–Trinajstić information content (AvgIpc) is 2.47. The number of hydrogen-bond donors (Lipinski definition) is 1. The van der Waals surface area contributed by atoms with Crippen molar-refractivity contribution >= 4 is 27.5 Å². The molecule has 110 valence electrons. The molecule has 0 aliphatic carbocycles. The van der Waals surface area contributed by atoms with Gasteiger partial charge in [-0.1, -0.05) is 63.4 Å². The van der Waals surface area contributed by atoms with E-state index in [9.17, 15) is 0 Å². The smallest absolute Gasteiger partial charge is 0.0417 e. The van der Waals surface area contributed by atoms with Crippen LogP contribution in [0.1, 0.15) is 34.9 Å². The number of nitrogens with one attached hydrogen (secondary N) is 1. The van der Waals surface area contributed by atoms with Crippen LogP contribution in [-0.2, 0) is 0 Å². The van der Waals surface area contributed by atoms with Crippen molar-refractivity contribution in [1.29, 1.82) is 0 Å². The van der Waals surface area contributed by atoms with Gasteiger partial charge in [0.05, 0.1) is 0 Å². The minimum Gasteiger partial charge on any atom is -0.316 e. The highest BCUT2D eigenvalue weighted by molar-refractivity contribution is 9.10. The highest BCUT2D eigenvalue weighted by Gasteiger charge is 2.29. The molecule has 2 atom stereocenters. The Balaban J connectivity index is 1.98. The first-order chi connectivity index (χ1) is 10.1. The van der Waals surface area contributed by atoms with Crippen molar-refractivity contribution < 1.29 is 0 Å². The standard InChI is InChI=1S/C18H19BrClN/c1-12-3-2-4-13(9-12)17-11-21-8-7-15(17)16-6-5-14(20)10-18(16)19/h2-6,9-10,15,17,21H,7-8,11H2,1H3. The van der Waals surface area contributed by atoms with E-state index in [4.69, 9.17) is 11.6 Å². The third kappa shape index (κ3) is 3.33. The molecule has 1 nitrogen and oxygen atoms in total. The van der Waals surface area contributed by atoms with Gasteiger partial charge in [0.25, 0.3) is 0 Å². The van der Waals surface area contributed by atoms with Gasteiger partial charge in [0, 0.05) is 22.0 Å². The molecule has 2 aromatic carbocycles. The van der Waals surface area contributed by atoms with Crippen molar-refractivity contribution in [1.82, 2.24) is 5.32 Å². The zero-order valence-electron chi connectivity index (χ0n) is 12.1. The van der Waals surface area contributed by atoms with Crippen molar-refractivity contribution in [3.63, 3.8) is 0 Å². The number of aryl methyl sites for hydroxylation is 1. The van der Waals surface area contributed by atoms with Crippen molar-refractivity contribution in [2.75, 3.05) is 13.1 Å². The number of benzene rings is 2. The second kappa shape index (κ2) is 6.51. The van der Waals surface area contributed by atoms with Crippen LogP contribution in [0.15, 0.2) is 46.9 Å². The van der Waals surface area contributed by atoms with E-state index >= 15 is 0 Å². The molecule has 1 aliphatic heterocycles. The van der Waals surface area contributed by atoms with E-state index in [1.54, 1.807) is 0 Å². The molecule has 0 spiro atoms. The highest BCUT2D eigenvalue weighted by atomic mass is 79.9. The van der Waals surface area contributed by atoms with Gasteiger partial charge >= 0.3 is 0 Å². The molecule has 0 amide bonds. The number of piperidine rings is 1. The minimum absolute atomic E-state index is 0.510. The molecule has 3 rings (SSSR count). The Labute approximate surface area is 139 Å². The summed E-state index contributed by atoms with van der Waals surface area (Å²) in [6, 6.07) is 15.1. The maximum Gasteiger partial charge on any atom is 0.0417 e. The summed E-state index contributed by atoms with van der Waals surface area (Å²) in [6.07, 6.45) is 1.15. The quantitative estimate of drug-likeness (QED) is 0.765. The minimum atomic E-state index is 0.510. The molecule has 0 bridgehead atoms. The lowest BCUT2D eigenvalue weighted by Gasteiger charge is -2.33. The first kappa shape index (κ1) is 15.1. The molecule has 21 heavy (non-hydrogen) atoms. The molecule has 1 aliphatic rings. The van der Waals surface area contributed by atoms with E-state index in [1.807, 2.05) is 12.1 Å². The monoisotopic (exact) mass is 363 g/mol. The van der Waals surface area contributed by atoms with E-state index in [-0.39, 0.29) is 0 Å². The zero-order valence-corrected chi connectivity index (χ0v) is 14.4. The Morgan fingerprint density at radius 1 is 1.14 bits per heavy atom. The number of halogens is 2. The second-order valence-corrected chi connectivity index (χ2v) is 7.08. The first-order valence-corrected chi connectivity index (χ1v) is 8.54. The fourth-order valence-corrected chi connectivity index (χ4v) is 4.26. The zero-order chi connectivity index (χ0) is 14.8. The summed E-state index contributed by atoms with van der Waals surface area (Å²) in [5.41, 5.74) is 4.12. The maximum atomic E-state index is 6.09. The van der Waals surface area contributed by atoms with E-state index in [2.05, 4.69) is 58.5 Å². The molecule has 2 unspecified atom stereocenters. The van der Waals surface area contributed by atoms with E-state index in [0.717, 1.165) is 29.0 Å². The average molecular weight is 365 g/mol. The molecule has 1 heterocycles. The van der Waals surface area contributed by atoms with Crippen molar-refractivity contribution in [3.05, 3.63) is 68.7 Å². The van der Waals surface area contributed by atoms with Crippen molar-refractivity contribution in [3.8, 4) is 0 Å². The molecular weight excluding hydrogens is 346 g/mol. The lowest BCUT2D eigenvalue weighted by molar-refractivity contribution is 0.403. The maximum absolute atomic E-state index is 6.09. The molecule has 0 saturated carbocycles. The van der Waals surface area contributed by atoms with Gasteiger partial charge < -0.3 is 5.32 Å². The second-order valence-electron chi connectivity index (χ2n) is 5.79.